The van der Waals surface area contributed by atoms with E-state index in [1.54, 1.807) is 19.3 Å². The molecule has 0 spiro atoms. The molecule has 0 saturated heterocycles. The molecule has 5 nitrogen and oxygen atoms in total. The molecule has 0 amide bonds. The Bertz CT molecular complexity index is 953. The van der Waals surface area contributed by atoms with Gasteiger partial charge in [0.1, 0.15) is 25.6 Å². The van der Waals surface area contributed by atoms with Crippen LogP contribution in [0.5, 0.6) is 11.5 Å². The summed E-state index contributed by atoms with van der Waals surface area (Å²) in [6.45, 7) is 1.73. The lowest BCUT2D eigenvalue weighted by atomic mass is 10.1. The molecule has 2 aromatic carbocycles. The SMILES string of the molecule is CCOC(=O)Cc1ccccc1OCc1coc2c(OCCF)cc(Br)cc12. The van der Waals surface area contributed by atoms with Gasteiger partial charge >= 0.3 is 5.97 Å². The lowest BCUT2D eigenvalue weighted by molar-refractivity contribution is -0.142. The summed E-state index contributed by atoms with van der Waals surface area (Å²) in [6.07, 6.45) is 1.73. The van der Waals surface area contributed by atoms with Crippen molar-refractivity contribution in [3.8, 4) is 11.5 Å². The molecular weight excluding hydrogens is 431 g/mol. The van der Waals surface area contributed by atoms with Gasteiger partial charge in [-0.3, -0.25) is 4.79 Å². The van der Waals surface area contributed by atoms with Gasteiger partial charge in [0, 0.05) is 21.0 Å². The summed E-state index contributed by atoms with van der Waals surface area (Å²) in [4.78, 5) is 11.8. The van der Waals surface area contributed by atoms with Crippen molar-refractivity contribution in [2.24, 2.45) is 0 Å². The standard InChI is InChI=1S/C21H20BrFO5/c1-2-25-20(24)9-14-5-3-4-6-18(14)27-12-15-13-28-21-17(15)10-16(22)11-19(21)26-8-7-23/h3-6,10-11,13H,2,7-9,12H2,1H3. The highest BCUT2D eigenvalue weighted by molar-refractivity contribution is 9.10. The third-order valence-electron chi connectivity index (χ3n) is 4.02. The highest BCUT2D eigenvalue weighted by Gasteiger charge is 2.15. The van der Waals surface area contributed by atoms with Gasteiger partial charge in [0.05, 0.1) is 19.3 Å². The van der Waals surface area contributed by atoms with Crippen molar-refractivity contribution in [1.82, 2.24) is 0 Å². The number of rotatable bonds is 9. The molecule has 0 aliphatic rings. The van der Waals surface area contributed by atoms with Crippen molar-refractivity contribution in [3.63, 3.8) is 0 Å². The fourth-order valence-corrected chi connectivity index (χ4v) is 3.24. The smallest absolute Gasteiger partial charge is 0.310 e. The maximum Gasteiger partial charge on any atom is 0.310 e. The quantitative estimate of drug-likeness (QED) is 0.417. The van der Waals surface area contributed by atoms with E-state index >= 15 is 0 Å². The molecule has 1 heterocycles. The molecule has 0 saturated carbocycles. The minimum absolute atomic E-state index is 0.0423. The number of fused-ring (bicyclic) bond motifs is 1. The van der Waals surface area contributed by atoms with Crippen LogP contribution in [-0.2, 0) is 22.6 Å². The third kappa shape index (κ3) is 4.84. The van der Waals surface area contributed by atoms with Crippen molar-refractivity contribution >= 4 is 32.9 Å². The molecule has 148 valence electrons. The first kappa shape index (κ1) is 20.2. The summed E-state index contributed by atoms with van der Waals surface area (Å²) < 4.78 is 35.2. The molecule has 3 aromatic rings. The molecule has 0 aliphatic heterocycles. The number of halogens is 2. The van der Waals surface area contributed by atoms with Crippen LogP contribution in [0.4, 0.5) is 4.39 Å². The Balaban J connectivity index is 1.79. The Hall–Kier alpha value is -2.54. The Morgan fingerprint density at radius 1 is 1.14 bits per heavy atom. The number of carbonyl (C=O) groups is 1. The minimum Gasteiger partial charge on any atom is -0.488 e. The molecule has 0 N–H and O–H groups in total. The van der Waals surface area contributed by atoms with E-state index in [2.05, 4.69) is 15.9 Å². The maximum atomic E-state index is 12.4. The topological polar surface area (TPSA) is 57.9 Å². The van der Waals surface area contributed by atoms with Gasteiger partial charge in [0.25, 0.3) is 0 Å². The first-order chi connectivity index (χ1) is 13.6. The Labute approximate surface area is 170 Å². The largest absolute Gasteiger partial charge is 0.488 e. The summed E-state index contributed by atoms with van der Waals surface area (Å²) in [5, 5.41) is 0.811. The van der Waals surface area contributed by atoms with Gasteiger partial charge in [-0.2, -0.15) is 0 Å². The van der Waals surface area contributed by atoms with Crippen molar-refractivity contribution < 1.29 is 27.8 Å². The molecule has 7 heteroatoms. The van der Waals surface area contributed by atoms with E-state index in [0.717, 1.165) is 21.0 Å². The van der Waals surface area contributed by atoms with E-state index < -0.39 is 6.67 Å². The summed E-state index contributed by atoms with van der Waals surface area (Å²) in [5.74, 6) is 0.774. The highest BCUT2D eigenvalue weighted by Crippen LogP contribution is 2.34. The molecule has 0 bridgehead atoms. The van der Waals surface area contributed by atoms with Crippen LogP contribution in [0, 0.1) is 0 Å². The molecule has 0 unspecified atom stereocenters. The average Bonchev–Trinajstić information content (AvgIpc) is 3.08. The normalized spacial score (nSPS) is 10.8. The second-order valence-corrected chi connectivity index (χ2v) is 6.87. The van der Waals surface area contributed by atoms with Crippen LogP contribution in [0.1, 0.15) is 18.1 Å². The van der Waals surface area contributed by atoms with Crippen molar-refractivity contribution in [1.29, 1.82) is 0 Å². The lowest BCUT2D eigenvalue weighted by Gasteiger charge is -2.11. The van der Waals surface area contributed by atoms with E-state index in [4.69, 9.17) is 18.6 Å². The Morgan fingerprint density at radius 2 is 1.96 bits per heavy atom. The Morgan fingerprint density at radius 3 is 2.75 bits per heavy atom. The second-order valence-electron chi connectivity index (χ2n) is 5.96. The molecule has 3 rings (SSSR count). The molecular formula is C21H20BrFO5. The first-order valence-electron chi connectivity index (χ1n) is 8.87. The van der Waals surface area contributed by atoms with Crippen LogP contribution >= 0.6 is 15.9 Å². The second kappa shape index (κ2) is 9.59. The van der Waals surface area contributed by atoms with E-state index in [1.807, 2.05) is 30.3 Å². The number of ether oxygens (including phenoxy) is 3. The average molecular weight is 451 g/mol. The predicted molar refractivity (Wildman–Crippen MR) is 106 cm³/mol. The number of alkyl halides is 1. The highest BCUT2D eigenvalue weighted by atomic mass is 79.9. The van der Waals surface area contributed by atoms with Gasteiger partial charge in [0.15, 0.2) is 11.3 Å². The molecule has 0 radical (unpaired) electrons. The van der Waals surface area contributed by atoms with E-state index in [0.29, 0.717) is 23.7 Å². The van der Waals surface area contributed by atoms with Crippen LogP contribution in [0.15, 0.2) is 51.6 Å². The van der Waals surface area contributed by atoms with Gasteiger partial charge in [-0.15, -0.1) is 0 Å². The van der Waals surface area contributed by atoms with E-state index in [-0.39, 0.29) is 25.6 Å². The number of hydrogen-bond acceptors (Lipinski definition) is 5. The van der Waals surface area contributed by atoms with Crippen molar-refractivity contribution in [3.05, 3.63) is 58.3 Å². The van der Waals surface area contributed by atoms with Crippen LogP contribution in [-0.4, -0.2) is 25.9 Å². The van der Waals surface area contributed by atoms with Gasteiger partial charge in [0.2, 0.25) is 0 Å². The van der Waals surface area contributed by atoms with Gasteiger partial charge in [-0.05, 0) is 25.1 Å². The minimum atomic E-state index is -0.581. The predicted octanol–water partition coefficient (Wildman–Crippen LogP) is 5.23. The summed E-state index contributed by atoms with van der Waals surface area (Å²) >= 11 is 3.44. The Kier molecular flexibility index (Phi) is 6.92. The zero-order valence-corrected chi connectivity index (χ0v) is 17.0. The summed E-state index contributed by atoms with van der Waals surface area (Å²) in [6, 6.07) is 11.0. The van der Waals surface area contributed by atoms with Crippen molar-refractivity contribution in [2.75, 3.05) is 19.9 Å². The van der Waals surface area contributed by atoms with Crippen LogP contribution in [0.3, 0.4) is 0 Å². The van der Waals surface area contributed by atoms with Gasteiger partial charge in [-0.1, -0.05) is 34.1 Å². The zero-order valence-electron chi connectivity index (χ0n) is 15.4. The number of para-hydroxylation sites is 1. The molecule has 0 fully saturated rings. The third-order valence-corrected chi connectivity index (χ3v) is 4.47. The number of carbonyl (C=O) groups excluding carboxylic acids is 1. The number of hydrogen-bond donors (Lipinski definition) is 0. The van der Waals surface area contributed by atoms with Crippen LogP contribution in [0.2, 0.25) is 0 Å². The number of benzene rings is 2. The molecule has 1 aromatic heterocycles. The van der Waals surface area contributed by atoms with Gasteiger partial charge in [-0.25, -0.2) is 4.39 Å². The maximum absolute atomic E-state index is 12.4. The lowest BCUT2D eigenvalue weighted by Crippen LogP contribution is -2.09. The molecule has 0 aliphatic carbocycles. The van der Waals surface area contributed by atoms with E-state index in [9.17, 15) is 9.18 Å². The van der Waals surface area contributed by atoms with Crippen LogP contribution < -0.4 is 9.47 Å². The van der Waals surface area contributed by atoms with Crippen molar-refractivity contribution in [2.45, 2.75) is 20.0 Å². The zero-order chi connectivity index (χ0) is 19.9. The molecule has 0 atom stereocenters. The monoisotopic (exact) mass is 450 g/mol. The fraction of sp³-hybridized carbons (Fsp3) is 0.286. The molecule has 28 heavy (non-hydrogen) atoms. The first-order valence-corrected chi connectivity index (χ1v) is 9.66. The number of esters is 1. The fourth-order valence-electron chi connectivity index (χ4n) is 2.80. The van der Waals surface area contributed by atoms with Gasteiger partial charge < -0.3 is 18.6 Å². The summed E-state index contributed by atoms with van der Waals surface area (Å²) in [5.41, 5.74) is 2.10. The summed E-state index contributed by atoms with van der Waals surface area (Å²) in [7, 11) is 0. The number of furan rings is 1. The van der Waals surface area contributed by atoms with Crippen LogP contribution in [0.25, 0.3) is 11.0 Å². The van der Waals surface area contributed by atoms with E-state index in [1.165, 1.54) is 0 Å².